The highest BCUT2D eigenvalue weighted by molar-refractivity contribution is 6.05. The van der Waals surface area contributed by atoms with Crippen LogP contribution in [0.1, 0.15) is 26.7 Å². The number of rotatable bonds is 1. The summed E-state index contributed by atoms with van der Waals surface area (Å²) in [6.45, 7) is 3.28. The Hall–Kier alpha value is -0.910. The summed E-state index contributed by atoms with van der Waals surface area (Å²) in [7, 11) is 0. The van der Waals surface area contributed by atoms with E-state index in [9.17, 15) is 22.8 Å². The standard InChI is InChI=1S/C10H13F3O3/c1-9(2)3-5(14)7(6(15)4-9)8(16)10(11,12)13/h7-8,16H,3-4H2,1-2H3. The molecule has 6 heteroatoms. The smallest absolute Gasteiger partial charge is 0.383 e. The van der Waals surface area contributed by atoms with Crippen LogP contribution in [0.4, 0.5) is 13.2 Å². The molecule has 0 bridgehead atoms. The fourth-order valence-electron chi connectivity index (χ4n) is 1.95. The molecule has 1 fully saturated rings. The largest absolute Gasteiger partial charge is 0.415 e. The minimum absolute atomic E-state index is 0.115. The predicted octanol–water partition coefficient (Wildman–Crippen LogP) is 1.48. The van der Waals surface area contributed by atoms with Crippen LogP contribution < -0.4 is 0 Å². The van der Waals surface area contributed by atoms with Gasteiger partial charge in [0.1, 0.15) is 17.5 Å². The van der Waals surface area contributed by atoms with E-state index >= 15 is 0 Å². The fourth-order valence-corrected chi connectivity index (χ4v) is 1.95. The van der Waals surface area contributed by atoms with E-state index in [1.165, 1.54) is 0 Å². The van der Waals surface area contributed by atoms with Crippen molar-refractivity contribution in [2.45, 2.75) is 39.0 Å². The Kier molecular flexibility index (Phi) is 3.15. The molecule has 1 saturated carbocycles. The van der Waals surface area contributed by atoms with Crippen molar-refractivity contribution >= 4 is 11.6 Å². The molecule has 1 atom stereocenters. The van der Waals surface area contributed by atoms with Gasteiger partial charge in [0.05, 0.1) is 0 Å². The Morgan fingerprint density at radius 1 is 1.25 bits per heavy atom. The van der Waals surface area contributed by atoms with Crippen LogP contribution in [0.5, 0.6) is 0 Å². The molecule has 1 N–H and O–H groups in total. The lowest BCUT2D eigenvalue weighted by molar-refractivity contribution is -0.220. The first-order chi connectivity index (χ1) is 7.04. The Labute approximate surface area is 90.6 Å². The molecular formula is C10H13F3O3. The summed E-state index contributed by atoms with van der Waals surface area (Å²) in [5, 5.41) is 8.95. The molecule has 1 unspecified atom stereocenters. The minimum Gasteiger partial charge on any atom is -0.383 e. The van der Waals surface area contributed by atoms with E-state index < -0.39 is 35.2 Å². The zero-order valence-electron chi connectivity index (χ0n) is 8.97. The van der Waals surface area contributed by atoms with Gasteiger partial charge in [0.25, 0.3) is 0 Å². The van der Waals surface area contributed by atoms with Crippen LogP contribution in [0.2, 0.25) is 0 Å². The van der Waals surface area contributed by atoms with E-state index in [-0.39, 0.29) is 12.8 Å². The lowest BCUT2D eigenvalue weighted by Crippen LogP contribution is -2.49. The summed E-state index contributed by atoms with van der Waals surface area (Å²) in [5.74, 6) is -3.59. The summed E-state index contributed by atoms with van der Waals surface area (Å²) < 4.78 is 36.7. The molecule has 0 aromatic rings. The second-order valence-electron chi connectivity index (χ2n) is 4.91. The van der Waals surface area contributed by atoms with Crippen molar-refractivity contribution in [3.05, 3.63) is 0 Å². The number of hydrogen-bond donors (Lipinski definition) is 1. The number of hydrogen-bond acceptors (Lipinski definition) is 3. The first kappa shape index (κ1) is 13.2. The van der Waals surface area contributed by atoms with Crippen LogP contribution in [0, 0.1) is 11.3 Å². The Balaban J connectivity index is 2.92. The molecule has 1 aliphatic carbocycles. The third-order valence-corrected chi connectivity index (χ3v) is 2.65. The van der Waals surface area contributed by atoms with E-state index in [0.717, 1.165) is 0 Å². The molecule has 0 aliphatic heterocycles. The molecule has 0 saturated heterocycles. The second-order valence-corrected chi connectivity index (χ2v) is 4.91. The van der Waals surface area contributed by atoms with Gasteiger partial charge in [-0.15, -0.1) is 0 Å². The number of ketones is 2. The SMILES string of the molecule is CC1(C)CC(=O)C(C(O)C(F)(F)F)C(=O)C1. The maximum absolute atomic E-state index is 12.2. The number of Topliss-reactive ketones (excluding diaryl/α,β-unsaturated/α-hetero) is 2. The zero-order valence-corrected chi connectivity index (χ0v) is 8.97. The quantitative estimate of drug-likeness (QED) is 0.704. The highest BCUT2D eigenvalue weighted by atomic mass is 19.4. The van der Waals surface area contributed by atoms with Crippen LogP contribution in [0.25, 0.3) is 0 Å². The predicted molar refractivity (Wildman–Crippen MR) is 48.6 cm³/mol. The van der Waals surface area contributed by atoms with Gasteiger partial charge >= 0.3 is 6.18 Å². The van der Waals surface area contributed by atoms with Gasteiger partial charge in [-0.05, 0) is 5.41 Å². The van der Waals surface area contributed by atoms with Crippen molar-refractivity contribution in [1.82, 2.24) is 0 Å². The van der Waals surface area contributed by atoms with E-state index in [4.69, 9.17) is 5.11 Å². The lowest BCUT2D eigenvalue weighted by Gasteiger charge is -2.34. The van der Waals surface area contributed by atoms with Gasteiger partial charge in [0.15, 0.2) is 6.10 Å². The van der Waals surface area contributed by atoms with Gasteiger partial charge < -0.3 is 5.11 Å². The average molecular weight is 238 g/mol. The van der Waals surface area contributed by atoms with Gasteiger partial charge in [0.2, 0.25) is 0 Å². The van der Waals surface area contributed by atoms with Gasteiger partial charge in [-0.3, -0.25) is 9.59 Å². The first-order valence-electron chi connectivity index (χ1n) is 4.85. The zero-order chi connectivity index (χ0) is 12.7. The van der Waals surface area contributed by atoms with Crippen molar-refractivity contribution in [3.8, 4) is 0 Å². The van der Waals surface area contributed by atoms with E-state index in [1.54, 1.807) is 13.8 Å². The van der Waals surface area contributed by atoms with Crippen molar-refractivity contribution in [3.63, 3.8) is 0 Å². The van der Waals surface area contributed by atoms with Crippen LogP contribution in [-0.4, -0.2) is 29.0 Å². The molecule has 0 heterocycles. The van der Waals surface area contributed by atoms with E-state index in [2.05, 4.69) is 0 Å². The van der Waals surface area contributed by atoms with E-state index in [1.807, 2.05) is 0 Å². The molecule has 92 valence electrons. The molecule has 0 aromatic carbocycles. The number of alkyl halides is 3. The van der Waals surface area contributed by atoms with Crippen molar-refractivity contribution in [1.29, 1.82) is 0 Å². The monoisotopic (exact) mass is 238 g/mol. The van der Waals surface area contributed by atoms with Gasteiger partial charge in [-0.2, -0.15) is 13.2 Å². The number of halogens is 3. The summed E-state index contributed by atoms with van der Waals surface area (Å²) in [4.78, 5) is 22.9. The maximum atomic E-state index is 12.2. The van der Waals surface area contributed by atoms with Gasteiger partial charge in [-0.25, -0.2) is 0 Å². The van der Waals surface area contributed by atoms with Crippen LogP contribution in [0.15, 0.2) is 0 Å². The van der Waals surface area contributed by atoms with Crippen molar-refractivity contribution in [2.75, 3.05) is 0 Å². The third-order valence-electron chi connectivity index (χ3n) is 2.65. The number of carbonyl (C=O) groups is 2. The number of carbonyl (C=O) groups excluding carboxylic acids is 2. The number of aliphatic hydroxyl groups is 1. The summed E-state index contributed by atoms with van der Waals surface area (Å²) in [6, 6.07) is 0. The third kappa shape index (κ3) is 2.61. The molecule has 1 aliphatic rings. The molecular weight excluding hydrogens is 225 g/mol. The lowest BCUT2D eigenvalue weighted by atomic mass is 9.70. The highest BCUT2D eigenvalue weighted by Gasteiger charge is 2.52. The molecule has 3 nitrogen and oxygen atoms in total. The fraction of sp³-hybridized carbons (Fsp3) is 0.800. The topological polar surface area (TPSA) is 54.4 Å². The Morgan fingerprint density at radius 2 is 1.62 bits per heavy atom. The molecule has 0 spiro atoms. The number of aliphatic hydroxyl groups excluding tert-OH is 1. The molecule has 0 aromatic heterocycles. The maximum Gasteiger partial charge on any atom is 0.415 e. The first-order valence-corrected chi connectivity index (χ1v) is 4.85. The van der Waals surface area contributed by atoms with Crippen LogP contribution in [0.3, 0.4) is 0 Å². The summed E-state index contributed by atoms with van der Waals surface area (Å²) >= 11 is 0. The minimum atomic E-state index is -4.93. The summed E-state index contributed by atoms with van der Waals surface area (Å²) in [6.07, 6.45) is -8.03. The molecule has 0 radical (unpaired) electrons. The second kappa shape index (κ2) is 3.84. The van der Waals surface area contributed by atoms with Gasteiger partial charge in [-0.1, -0.05) is 13.8 Å². The van der Waals surface area contributed by atoms with Crippen molar-refractivity contribution in [2.24, 2.45) is 11.3 Å². The Bertz CT molecular complexity index is 300. The van der Waals surface area contributed by atoms with Gasteiger partial charge in [0, 0.05) is 12.8 Å². The molecule has 1 rings (SSSR count). The van der Waals surface area contributed by atoms with E-state index in [0.29, 0.717) is 0 Å². The van der Waals surface area contributed by atoms with Crippen LogP contribution in [-0.2, 0) is 9.59 Å². The molecule has 0 amide bonds. The molecule has 16 heavy (non-hydrogen) atoms. The Morgan fingerprint density at radius 3 is 1.94 bits per heavy atom. The summed E-state index contributed by atoms with van der Waals surface area (Å²) in [5.41, 5.74) is -0.615. The van der Waals surface area contributed by atoms with Crippen LogP contribution >= 0.6 is 0 Å². The normalized spacial score (nSPS) is 24.6. The van der Waals surface area contributed by atoms with Crippen molar-refractivity contribution < 1.29 is 27.9 Å². The highest BCUT2D eigenvalue weighted by Crippen LogP contribution is 2.38. The average Bonchev–Trinajstić information content (AvgIpc) is 1.97.